The van der Waals surface area contributed by atoms with Crippen molar-refractivity contribution in [2.75, 3.05) is 19.4 Å². The molecule has 0 spiro atoms. The molecule has 142 valence electrons. The molecule has 1 aliphatic carbocycles. The highest BCUT2D eigenvalue weighted by molar-refractivity contribution is 7.99. The van der Waals surface area contributed by atoms with Crippen molar-refractivity contribution in [3.05, 3.63) is 59.7 Å². The molecule has 5 heteroatoms. The highest BCUT2D eigenvalue weighted by Crippen LogP contribution is 2.43. The van der Waals surface area contributed by atoms with Gasteiger partial charge in [-0.25, -0.2) is 0 Å². The Balaban J connectivity index is 1.53. The first kappa shape index (κ1) is 18.2. The largest absolute Gasteiger partial charge is 0.493 e. The van der Waals surface area contributed by atoms with Crippen molar-refractivity contribution >= 4 is 17.7 Å². The maximum atomic E-state index is 12.8. The second kappa shape index (κ2) is 8.26. The van der Waals surface area contributed by atoms with Crippen molar-refractivity contribution in [1.29, 1.82) is 0 Å². The summed E-state index contributed by atoms with van der Waals surface area (Å²) in [5.41, 5.74) is 2.22. The molecule has 1 heterocycles. The van der Waals surface area contributed by atoms with E-state index in [1.54, 1.807) is 7.11 Å². The van der Waals surface area contributed by atoms with Crippen molar-refractivity contribution < 1.29 is 14.3 Å². The molecule has 1 atom stereocenters. The SMILES string of the molecule is COc1ccc(C2SCCN2C(=O)C2CCC2)cc1OCc1ccccc1. The maximum Gasteiger partial charge on any atom is 0.226 e. The maximum absolute atomic E-state index is 12.8. The van der Waals surface area contributed by atoms with Gasteiger partial charge in [0.25, 0.3) is 0 Å². The van der Waals surface area contributed by atoms with E-state index in [9.17, 15) is 4.79 Å². The van der Waals surface area contributed by atoms with Crippen LogP contribution in [0.4, 0.5) is 0 Å². The van der Waals surface area contributed by atoms with Gasteiger partial charge in [-0.05, 0) is 36.1 Å². The number of hydrogen-bond donors (Lipinski definition) is 0. The Labute approximate surface area is 164 Å². The number of thioether (sulfide) groups is 1. The fourth-order valence-corrected chi connectivity index (χ4v) is 4.81. The third-order valence-electron chi connectivity index (χ3n) is 5.34. The van der Waals surface area contributed by atoms with Crippen LogP contribution in [0.15, 0.2) is 48.5 Å². The number of rotatable bonds is 6. The van der Waals surface area contributed by atoms with Crippen LogP contribution in [0.3, 0.4) is 0 Å². The normalized spacial score (nSPS) is 19.6. The lowest BCUT2D eigenvalue weighted by Crippen LogP contribution is -2.38. The molecule has 0 aromatic heterocycles. The number of benzene rings is 2. The van der Waals surface area contributed by atoms with Gasteiger partial charge in [-0.3, -0.25) is 4.79 Å². The summed E-state index contributed by atoms with van der Waals surface area (Å²) in [4.78, 5) is 14.8. The number of amides is 1. The fraction of sp³-hybridized carbons (Fsp3) is 0.409. The number of carbonyl (C=O) groups excluding carboxylic acids is 1. The lowest BCUT2D eigenvalue weighted by atomic mass is 9.84. The van der Waals surface area contributed by atoms with Crippen LogP contribution in [0, 0.1) is 5.92 Å². The standard InChI is InChI=1S/C22H25NO3S/c1-25-19-11-10-18(14-20(19)26-15-16-6-3-2-4-7-16)22-23(12-13-27-22)21(24)17-8-5-9-17/h2-4,6-7,10-11,14,17,22H,5,8-9,12-13,15H2,1H3. The van der Waals surface area contributed by atoms with Crippen molar-refractivity contribution in [3.8, 4) is 11.5 Å². The highest BCUT2D eigenvalue weighted by Gasteiger charge is 2.36. The molecular weight excluding hydrogens is 358 g/mol. The summed E-state index contributed by atoms with van der Waals surface area (Å²) >= 11 is 1.83. The molecule has 0 N–H and O–H groups in total. The van der Waals surface area contributed by atoms with E-state index in [1.807, 2.05) is 54.2 Å². The van der Waals surface area contributed by atoms with E-state index in [1.165, 1.54) is 6.42 Å². The van der Waals surface area contributed by atoms with Crippen molar-refractivity contribution in [3.63, 3.8) is 0 Å². The molecule has 2 aromatic rings. The van der Waals surface area contributed by atoms with E-state index < -0.39 is 0 Å². The molecule has 27 heavy (non-hydrogen) atoms. The summed E-state index contributed by atoms with van der Waals surface area (Å²) in [7, 11) is 1.65. The van der Waals surface area contributed by atoms with E-state index in [2.05, 4.69) is 11.0 Å². The van der Waals surface area contributed by atoms with Gasteiger partial charge < -0.3 is 14.4 Å². The summed E-state index contributed by atoms with van der Waals surface area (Å²) in [6, 6.07) is 16.1. The summed E-state index contributed by atoms with van der Waals surface area (Å²) in [5, 5.41) is 0.0723. The van der Waals surface area contributed by atoms with Gasteiger partial charge in [-0.2, -0.15) is 0 Å². The first-order valence-electron chi connectivity index (χ1n) is 9.53. The average molecular weight is 384 g/mol. The predicted molar refractivity (Wildman–Crippen MR) is 108 cm³/mol. The molecule has 1 aliphatic heterocycles. The molecule has 4 rings (SSSR count). The van der Waals surface area contributed by atoms with Crippen LogP contribution >= 0.6 is 11.8 Å². The Morgan fingerprint density at radius 1 is 1.15 bits per heavy atom. The van der Waals surface area contributed by atoms with Crippen LogP contribution < -0.4 is 9.47 Å². The third-order valence-corrected chi connectivity index (χ3v) is 6.60. The number of carbonyl (C=O) groups is 1. The molecule has 0 radical (unpaired) electrons. The Kier molecular flexibility index (Phi) is 5.58. The van der Waals surface area contributed by atoms with Gasteiger partial charge >= 0.3 is 0 Å². The molecule has 2 aliphatic rings. The van der Waals surface area contributed by atoms with E-state index in [0.717, 1.165) is 47.8 Å². The molecule has 1 amide bonds. The van der Waals surface area contributed by atoms with Crippen molar-refractivity contribution in [2.24, 2.45) is 5.92 Å². The van der Waals surface area contributed by atoms with E-state index >= 15 is 0 Å². The van der Waals surface area contributed by atoms with Gasteiger partial charge in [-0.15, -0.1) is 11.8 Å². The number of hydrogen-bond acceptors (Lipinski definition) is 4. The minimum atomic E-state index is 0.0723. The molecule has 2 fully saturated rings. The van der Waals surface area contributed by atoms with Crippen molar-refractivity contribution in [1.82, 2.24) is 4.90 Å². The second-order valence-corrected chi connectivity index (χ2v) is 8.26. The molecule has 1 unspecified atom stereocenters. The minimum Gasteiger partial charge on any atom is -0.493 e. The van der Waals surface area contributed by atoms with Gasteiger partial charge in [0.05, 0.1) is 7.11 Å². The Morgan fingerprint density at radius 2 is 1.96 bits per heavy atom. The Bertz CT molecular complexity index is 791. The van der Waals surface area contributed by atoms with Gasteiger partial charge in [0.15, 0.2) is 11.5 Å². The Hall–Kier alpha value is -2.14. The Morgan fingerprint density at radius 3 is 2.67 bits per heavy atom. The number of nitrogens with zero attached hydrogens (tertiary/aromatic N) is 1. The first-order chi connectivity index (χ1) is 13.3. The van der Waals surface area contributed by atoms with E-state index in [-0.39, 0.29) is 11.3 Å². The average Bonchev–Trinajstić information content (AvgIpc) is 3.15. The van der Waals surface area contributed by atoms with Crippen LogP contribution in [0.2, 0.25) is 0 Å². The second-order valence-electron chi connectivity index (χ2n) is 7.07. The zero-order valence-electron chi connectivity index (χ0n) is 15.6. The molecule has 2 aromatic carbocycles. The number of ether oxygens (including phenoxy) is 2. The van der Waals surface area contributed by atoms with Crippen LogP contribution in [0.5, 0.6) is 11.5 Å². The van der Waals surface area contributed by atoms with Crippen LogP contribution in [0.1, 0.15) is 35.8 Å². The lowest BCUT2D eigenvalue weighted by molar-refractivity contribution is -0.138. The molecule has 0 bridgehead atoms. The smallest absolute Gasteiger partial charge is 0.226 e. The quantitative estimate of drug-likeness (QED) is 0.728. The van der Waals surface area contributed by atoms with Gasteiger partial charge in [0.1, 0.15) is 12.0 Å². The fourth-order valence-electron chi connectivity index (χ4n) is 3.56. The third kappa shape index (κ3) is 3.93. The predicted octanol–water partition coefficient (Wildman–Crippen LogP) is 4.65. The summed E-state index contributed by atoms with van der Waals surface area (Å²) in [6.07, 6.45) is 3.27. The van der Waals surface area contributed by atoms with Crippen LogP contribution in [0.25, 0.3) is 0 Å². The van der Waals surface area contributed by atoms with Crippen LogP contribution in [-0.4, -0.2) is 30.2 Å². The van der Waals surface area contributed by atoms with E-state index in [0.29, 0.717) is 12.5 Å². The lowest BCUT2D eigenvalue weighted by Gasteiger charge is -2.32. The monoisotopic (exact) mass is 383 g/mol. The zero-order chi connectivity index (χ0) is 18.6. The molecule has 1 saturated heterocycles. The molecular formula is C22H25NO3S. The van der Waals surface area contributed by atoms with Gasteiger partial charge in [0.2, 0.25) is 5.91 Å². The summed E-state index contributed by atoms with van der Waals surface area (Å²) in [6.45, 7) is 1.32. The summed E-state index contributed by atoms with van der Waals surface area (Å²) in [5.74, 6) is 2.98. The van der Waals surface area contributed by atoms with E-state index in [4.69, 9.17) is 9.47 Å². The van der Waals surface area contributed by atoms with Crippen LogP contribution in [-0.2, 0) is 11.4 Å². The number of methoxy groups -OCH3 is 1. The first-order valence-corrected chi connectivity index (χ1v) is 10.6. The zero-order valence-corrected chi connectivity index (χ0v) is 16.4. The van der Waals surface area contributed by atoms with Gasteiger partial charge in [-0.1, -0.05) is 42.8 Å². The van der Waals surface area contributed by atoms with Gasteiger partial charge in [0, 0.05) is 18.2 Å². The molecule has 1 saturated carbocycles. The minimum absolute atomic E-state index is 0.0723. The molecule has 4 nitrogen and oxygen atoms in total. The van der Waals surface area contributed by atoms with Crippen molar-refractivity contribution in [2.45, 2.75) is 31.2 Å². The highest BCUT2D eigenvalue weighted by atomic mass is 32.2. The summed E-state index contributed by atoms with van der Waals surface area (Å²) < 4.78 is 11.5. The topological polar surface area (TPSA) is 38.8 Å².